The van der Waals surface area contributed by atoms with Crippen LogP contribution < -0.4 is 5.32 Å². The summed E-state index contributed by atoms with van der Waals surface area (Å²) in [6.45, 7) is 1.24. The number of fused-ring (bicyclic) bond motifs is 2. The van der Waals surface area contributed by atoms with Gasteiger partial charge in [-0.25, -0.2) is 4.79 Å². The number of aryl methyl sites for hydroxylation is 1. The SMILES string of the molecule is CCOC(=O)c1c(NC(=O)COC(=O)CCN2C(=O)c3ccccc3C2=O)sc2c1CCC2. The number of thiophene rings is 1. The van der Waals surface area contributed by atoms with Crippen LogP contribution in [0.2, 0.25) is 0 Å². The van der Waals surface area contributed by atoms with Crippen molar-refractivity contribution in [3.63, 3.8) is 0 Å². The van der Waals surface area contributed by atoms with Crippen molar-refractivity contribution < 1.29 is 33.4 Å². The molecule has 2 aliphatic rings. The third-order valence-corrected chi connectivity index (χ3v) is 6.64. The lowest BCUT2D eigenvalue weighted by atomic mass is 10.1. The Labute approximate surface area is 193 Å². The van der Waals surface area contributed by atoms with Gasteiger partial charge in [0.25, 0.3) is 17.7 Å². The van der Waals surface area contributed by atoms with Gasteiger partial charge in [-0.15, -0.1) is 11.3 Å². The normalized spacial score (nSPS) is 14.2. The average molecular weight is 471 g/mol. The molecule has 0 bridgehead atoms. The van der Waals surface area contributed by atoms with Crippen LogP contribution in [0, 0.1) is 0 Å². The number of carbonyl (C=O) groups excluding carboxylic acids is 5. The molecule has 172 valence electrons. The molecule has 9 nitrogen and oxygen atoms in total. The summed E-state index contributed by atoms with van der Waals surface area (Å²) in [6.07, 6.45) is 2.31. The molecule has 1 aliphatic carbocycles. The average Bonchev–Trinajstić information content (AvgIpc) is 3.44. The Bertz CT molecular complexity index is 1120. The van der Waals surface area contributed by atoms with Crippen molar-refractivity contribution in [1.29, 1.82) is 0 Å². The zero-order valence-electron chi connectivity index (χ0n) is 18.0. The number of ether oxygens (including phenoxy) is 2. The van der Waals surface area contributed by atoms with E-state index in [-0.39, 0.29) is 19.6 Å². The van der Waals surface area contributed by atoms with Crippen LogP contribution in [-0.2, 0) is 31.9 Å². The first kappa shape index (κ1) is 22.7. The second-order valence-electron chi connectivity index (χ2n) is 7.55. The van der Waals surface area contributed by atoms with E-state index in [2.05, 4.69) is 5.32 Å². The van der Waals surface area contributed by atoms with E-state index in [1.54, 1.807) is 31.2 Å². The number of benzene rings is 1. The summed E-state index contributed by atoms with van der Waals surface area (Å²) >= 11 is 1.33. The molecule has 3 amide bonds. The lowest BCUT2D eigenvalue weighted by molar-refractivity contribution is -0.147. The molecule has 1 aliphatic heterocycles. The van der Waals surface area contributed by atoms with Gasteiger partial charge in [-0.1, -0.05) is 12.1 Å². The zero-order chi connectivity index (χ0) is 23.5. The Morgan fingerprint density at radius 1 is 1.06 bits per heavy atom. The molecular weight excluding hydrogens is 448 g/mol. The van der Waals surface area contributed by atoms with Gasteiger partial charge in [-0.05, 0) is 43.9 Å². The van der Waals surface area contributed by atoms with E-state index < -0.39 is 36.3 Å². The van der Waals surface area contributed by atoms with E-state index in [1.165, 1.54) is 11.3 Å². The number of nitrogens with one attached hydrogen (secondary N) is 1. The molecule has 0 saturated carbocycles. The number of imide groups is 1. The fourth-order valence-electron chi connectivity index (χ4n) is 3.94. The molecule has 0 atom stereocenters. The van der Waals surface area contributed by atoms with Gasteiger partial charge in [0.05, 0.1) is 29.7 Å². The predicted molar refractivity (Wildman–Crippen MR) is 118 cm³/mol. The summed E-state index contributed by atoms with van der Waals surface area (Å²) in [4.78, 5) is 63.5. The van der Waals surface area contributed by atoms with Gasteiger partial charge in [0, 0.05) is 11.4 Å². The van der Waals surface area contributed by atoms with Crippen LogP contribution in [0.25, 0.3) is 0 Å². The van der Waals surface area contributed by atoms with Gasteiger partial charge >= 0.3 is 11.9 Å². The van der Waals surface area contributed by atoms with Gasteiger partial charge in [0.1, 0.15) is 5.00 Å². The van der Waals surface area contributed by atoms with Crippen LogP contribution >= 0.6 is 11.3 Å². The van der Waals surface area contributed by atoms with Crippen molar-refractivity contribution in [2.24, 2.45) is 0 Å². The van der Waals surface area contributed by atoms with Gasteiger partial charge in [0.2, 0.25) is 0 Å². The highest BCUT2D eigenvalue weighted by Gasteiger charge is 2.35. The highest BCUT2D eigenvalue weighted by molar-refractivity contribution is 7.17. The van der Waals surface area contributed by atoms with Crippen molar-refractivity contribution in [3.05, 3.63) is 51.4 Å². The lowest BCUT2D eigenvalue weighted by Gasteiger charge is -2.13. The summed E-state index contributed by atoms with van der Waals surface area (Å²) in [7, 11) is 0. The van der Waals surface area contributed by atoms with Gasteiger partial charge < -0.3 is 14.8 Å². The fraction of sp³-hybridized carbons (Fsp3) is 0.348. The van der Waals surface area contributed by atoms with Crippen molar-refractivity contribution in [3.8, 4) is 0 Å². The monoisotopic (exact) mass is 470 g/mol. The number of esters is 2. The first-order valence-electron chi connectivity index (χ1n) is 10.6. The standard InChI is InChI=1S/C23H22N2O7S/c1-2-31-23(30)19-15-8-5-9-16(15)33-20(19)24-17(26)12-32-18(27)10-11-25-21(28)13-6-3-4-7-14(13)22(25)29/h3-4,6-7H,2,5,8-12H2,1H3,(H,24,26). The summed E-state index contributed by atoms with van der Waals surface area (Å²) in [5.74, 6) is -2.71. The molecule has 10 heteroatoms. The molecule has 33 heavy (non-hydrogen) atoms. The largest absolute Gasteiger partial charge is 0.462 e. The van der Waals surface area contributed by atoms with E-state index in [9.17, 15) is 24.0 Å². The van der Waals surface area contributed by atoms with Gasteiger partial charge in [0.15, 0.2) is 6.61 Å². The number of nitrogens with zero attached hydrogens (tertiary/aromatic N) is 1. The second-order valence-corrected chi connectivity index (χ2v) is 8.65. The quantitative estimate of drug-likeness (QED) is 0.465. The van der Waals surface area contributed by atoms with Crippen LogP contribution in [0.15, 0.2) is 24.3 Å². The van der Waals surface area contributed by atoms with Gasteiger partial charge in [-0.2, -0.15) is 0 Å². The minimum absolute atomic E-state index is 0.141. The Kier molecular flexibility index (Phi) is 6.55. The highest BCUT2D eigenvalue weighted by atomic mass is 32.1. The molecule has 0 spiro atoms. The molecule has 4 rings (SSSR count). The number of hydrogen-bond donors (Lipinski definition) is 1. The Morgan fingerprint density at radius 3 is 2.42 bits per heavy atom. The zero-order valence-corrected chi connectivity index (χ0v) is 18.8. The van der Waals surface area contributed by atoms with Crippen LogP contribution in [0.4, 0.5) is 5.00 Å². The number of anilines is 1. The summed E-state index contributed by atoms with van der Waals surface area (Å²) in [6, 6.07) is 6.44. The molecule has 2 heterocycles. The second kappa shape index (κ2) is 9.53. The lowest BCUT2D eigenvalue weighted by Crippen LogP contribution is -2.32. The third kappa shape index (κ3) is 4.51. The summed E-state index contributed by atoms with van der Waals surface area (Å²) in [5, 5.41) is 3.03. The molecule has 0 unspecified atom stereocenters. The molecule has 2 aromatic rings. The minimum atomic E-state index is -0.721. The maximum atomic E-state index is 12.4. The number of hydrogen-bond acceptors (Lipinski definition) is 8. The molecule has 1 N–H and O–H groups in total. The predicted octanol–water partition coefficient (Wildman–Crippen LogP) is 2.58. The summed E-state index contributed by atoms with van der Waals surface area (Å²) < 4.78 is 10.1. The first-order valence-corrected chi connectivity index (χ1v) is 11.4. The fourth-order valence-corrected chi connectivity index (χ4v) is 5.23. The Hall–Kier alpha value is -3.53. The first-order chi connectivity index (χ1) is 15.9. The highest BCUT2D eigenvalue weighted by Crippen LogP contribution is 2.39. The molecule has 0 fully saturated rings. The van der Waals surface area contributed by atoms with Crippen molar-refractivity contribution >= 4 is 46.0 Å². The third-order valence-electron chi connectivity index (χ3n) is 5.44. The van der Waals surface area contributed by atoms with E-state index in [4.69, 9.17) is 9.47 Å². The van der Waals surface area contributed by atoms with Crippen LogP contribution in [0.1, 0.15) is 61.3 Å². The van der Waals surface area contributed by atoms with Crippen LogP contribution in [-0.4, -0.2) is 54.3 Å². The molecule has 0 radical (unpaired) electrons. The number of carbonyl (C=O) groups is 5. The van der Waals surface area contributed by atoms with Crippen molar-refractivity contribution in [2.45, 2.75) is 32.6 Å². The maximum absolute atomic E-state index is 12.4. The number of rotatable bonds is 8. The van der Waals surface area contributed by atoms with Crippen LogP contribution in [0.5, 0.6) is 0 Å². The molecule has 0 saturated heterocycles. The molecular formula is C23H22N2O7S. The molecule has 1 aromatic carbocycles. The minimum Gasteiger partial charge on any atom is -0.462 e. The van der Waals surface area contributed by atoms with E-state index in [1.807, 2.05) is 0 Å². The van der Waals surface area contributed by atoms with E-state index in [0.717, 1.165) is 34.6 Å². The van der Waals surface area contributed by atoms with Crippen LogP contribution in [0.3, 0.4) is 0 Å². The van der Waals surface area contributed by atoms with E-state index in [0.29, 0.717) is 21.7 Å². The maximum Gasteiger partial charge on any atom is 0.341 e. The van der Waals surface area contributed by atoms with Crippen molar-refractivity contribution in [1.82, 2.24) is 4.90 Å². The topological polar surface area (TPSA) is 119 Å². The smallest absolute Gasteiger partial charge is 0.341 e. The molecule has 1 aromatic heterocycles. The Balaban J connectivity index is 1.30. The van der Waals surface area contributed by atoms with Crippen molar-refractivity contribution in [2.75, 3.05) is 25.1 Å². The number of amides is 3. The Morgan fingerprint density at radius 2 is 1.76 bits per heavy atom. The van der Waals surface area contributed by atoms with Gasteiger partial charge in [-0.3, -0.25) is 24.1 Å². The summed E-state index contributed by atoms with van der Waals surface area (Å²) in [5.41, 5.74) is 1.89. The van der Waals surface area contributed by atoms with E-state index >= 15 is 0 Å².